The summed E-state index contributed by atoms with van der Waals surface area (Å²) in [7, 11) is -4.33. The van der Waals surface area contributed by atoms with Gasteiger partial charge < -0.3 is 19.6 Å². The van der Waals surface area contributed by atoms with Crippen LogP contribution in [0.5, 0.6) is 0 Å². The van der Waals surface area contributed by atoms with Gasteiger partial charge in [-0.2, -0.15) is 0 Å². The standard InChI is InChI=1S/Fe.4HO2P.H2O.Sn.Zn.3H/c;4*1-3-2;;;;;;/h;4*(H,1,2);1H2;;;;;/q+2;;;;;;+1;+2;;;/p-5. The zero-order valence-corrected chi connectivity index (χ0v) is 20.9. The zero-order valence-electron chi connectivity index (χ0n) is 7.56. The third-order valence-electron chi connectivity index (χ3n) is 0. The van der Waals surface area contributed by atoms with Crippen LogP contribution in [0, 0.1) is 0 Å². The molecule has 0 fully saturated rings. The Balaban J connectivity index is -0.0000000124. The van der Waals surface area contributed by atoms with E-state index >= 15 is 0 Å². The Bertz CT molecular complexity index is 81.5. The predicted octanol–water partition coefficient (Wildman–Crippen LogP) is -3.53. The molecular weight excluding hydrogens is 508 g/mol. The summed E-state index contributed by atoms with van der Waals surface area (Å²) < 4.78 is 40.6. The van der Waals surface area contributed by atoms with Crippen LogP contribution in [0.2, 0.25) is 0 Å². The summed E-state index contributed by atoms with van der Waals surface area (Å²) in [6.07, 6.45) is 0. The molecule has 9 nitrogen and oxygen atoms in total. The molecule has 0 aliphatic heterocycles. The Labute approximate surface area is 134 Å². The maximum atomic E-state index is 8.35. The molecular formula is H4FeO9P4SnZn. The molecule has 0 bridgehead atoms. The third-order valence-corrected chi connectivity index (χ3v) is 0. The first kappa shape index (κ1) is 42.9. The maximum Gasteiger partial charge on any atom is 2.00 e. The summed E-state index contributed by atoms with van der Waals surface area (Å²) >= 11 is -0.0500. The van der Waals surface area contributed by atoms with Gasteiger partial charge in [0.15, 0.2) is 0 Å². The SMILES string of the molecule is O=P[O-].O=P[O-].O=P[O-].O=P[O-].[Fe+2].[OH][SnH3].[Zn+2]. The zero-order chi connectivity index (χ0) is 12.8. The van der Waals surface area contributed by atoms with E-state index in [-0.39, 0.29) is 59.5 Å². The average molecular weight is 512 g/mol. The van der Waals surface area contributed by atoms with Gasteiger partial charge in [-0.3, -0.25) is 18.3 Å². The topological polar surface area (TPSA) is 181 Å². The van der Waals surface area contributed by atoms with Crippen molar-refractivity contribution >= 4 is 57.7 Å². The van der Waals surface area contributed by atoms with E-state index in [0.29, 0.717) is 0 Å². The van der Waals surface area contributed by atoms with Crippen LogP contribution in [0.3, 0.4) is 0 Å². The van der Waals surface area contributed by atoms with E-state index in [1.54, 1.807) is 0 Å². The Morgan fingerprint density at radius 3 is 0.688 bits per heavy atom. The van der Waals surface area contributed by atoms with Crippen molar-refractivity contribution in [1.29, 1.82) is 0 Å². The molecule has 0 aromatic rings. The van der Waals surface area contributed by atoms with Crippen molar-refractivity contribution in [3.8, 4) is 0 Å². The molecule has 0 aliphatic rings. The quantitative estimate of drug-likeness (QED) is 0.254. The second-order valence-corrected chi connectivity index (χ2v) is 0.894. The third kappa shape index (κ3) is 807. The molecule has 0 aromatic carbocycles. The summed E-state index contributed by atoms with van der Waals surface area (Å²) in [5.41, 5.74) is 0. The molecule has 16 heteroatoms. The van der Waals surface area contributed by atoms with Gasteiger partial charge in [0, 0.05) is 0 Å². The Hall–Kier alpha value is 2.14. The minimum absolute atomic E-state index is 0. The summed E-state index contributed by atoms with van der Waals surface area (Å²) in [5, 5.41) is 0. The van der Waals surface area contributed by atoms with Gasteiger partial charge in [0.2, 0.25) is 0 Å². The molecule has 1 N–H and O–H groups in total. The molecule has 0 aromatic heterocycles. The van der Waals surface area contributed by atoms with Gasteiger partial charge in [0.1, 0.15) is 0 Å². The largest absolute Gasteiger partial charge is 2.00 e. The van der Waals surface area contributed by atoms with Gasteiger partial charge in [-0.05, 0) is 0 Å². The fourth-order valence-electron chi connectivity index (χ4n) is 0. The number of hydrogen-bond acceptors (Lipinski definition) is 9. The average Bonchev–Trinajstić information content (AvgIpc) is 2.12. The first-order chi connectivity index (χ1) is 6.66. The summed E-state index contributed by atoms with van der Waals surface area (Å²) in [6.45, 7) is 0. The maximum absolute atomic E-state index is 8.35. The fourth-order valence-corrected chi connectivity index (χ4v) is 0. The van der Waals surface area contributed by atoms with Crippen molar-refractivity contribution < 1.29 is 77.8 Å². The molecule has 0 rings (SSSR count). The van der Waals surface area contributed by atoms with E-state index in [9.17, 15) is 0 Å². The van der Waals surface area contributed by atoms with Crippen molar-refractivity contribution in [3.05, 3.63) is 0 Å². The smallest absolute Gasteiger partial charge is 2.00 e. The molecule has 0 heterocycles. The summed E-state index contributed by atoms with van der Waals surface area (Å²) in [4.78, 5) is 33.4. The molecule has 0 aliphatic carbocycles. The van der Waals surface area contributed by atoms with E-state index in [2.05, 4.69) is 0 Å². The van der Waals surface area contributed by atoms with E-state index < -0.39 is 34.7 Å². The van der Waals surface area contributed by atoms with E-state index in [1.165, 1.54) is 0 Å². The summed E-state index contributed by atoms with van der Waals surface area (Å²) in [5.74, 6) is 0. The van der Waals surface area contributed by atoms with Gasteiger partial charge in [-0.1, -0.05) is 0 Å². The van der Waals surface area contributed by atoms with Gasteiger partial charge in [0.25, 0.3) is 0 Å². The minimum Gasteiger partial charge on any atom is 2.00 e. The van der Waals surface area contributed by atoms with E-state index in [4.69, 9.17) is 41.3 Å². The fraction of sp³-hybridized carbons (Fsp3) is 0. The van der Waals surface area contributed by atoms with E-state index in [1.807, 2.05) is 0 Å². The Kier molecular flexibility index (Phi) is 318. The van der Waals surface area contributed by atoms with Crippen molar-refractivity contribution in [3.63, 3.8) is 0 Å². The van der Waals surface area contributed by atoms with E-state index in [0.717, 1.165) is 0 Å². The number of hydrogen-bond donors (Lipinski definition) is 1. The first-order valence-corrected chi connectivity index (χ1v) is 7.38. The van der Waals surface area contributed by atoms with Crippen LogP contribution in [-0.4, -0.2) is 26.4 Å². The van der Waals surface area contributed by atoms with Crippen molar-refractivity contribution in [1.82, 2.24) is 0 Å². The molecule has 92 valence electrons. The van der Waals surface area contributed by atoms with Crippen LogP contribution < -0.4 is 19.6 Å². The molecule has 16 heavy (non-hydrogen) atoms. The van der Waals surface area contributed by atoms with Crippen LogP contribution in [0.4, 0.5) is 0 Å². The predicted molar refractivity (Wildman–Crippen MR) is 42.6 cm³/mol. The number of rotatable bonds is 0. The second kappa shape index (κ2) is 118. The summed E-state index contributed by atoms with van der Waals surface area (Å²) in [6, 6.07) is 0. The van der Waals surface area contributed by atoms with Crippen LogP contribution in [-0.2, 0) is 54.8 Å². The molecule has 0 saturated heterocycles. The molecule has 0 spiro atoms. The normalized spacial score (nSPS) is 5.81. The van der Waals surface area contributed by atoms with Crippen LogP contribution in [0.25, 0.3) is 0 Å². The Morgan fingerprint density at radius 1 is 0.688 bits per heavy atom. The first-order valence-electron chi connectivity index (χ1n) is 1.91. The molecule has 0 radical (unpaired) electrons. The monoisotopic (exact) mass is 512 g/mol. The van der Waals surface area contributed by atoms with Gasteiger partial charge in [-0.15, -0.1) is 0 Å². The van der Waals surface area contributed by atoms with Gasteiger partial charge in [0.05, 0.1) is 34.7 Å². The van der Waals surface area contributed by atoms with Crippen molar-refractivity contribution in [2.45, 2.75) is 0 Å². The molecule has 0 saturated carbocycles. The van der Waals surface area contributed by atoms with Gasteiger partial charge >= 0.3 is 62.9 Å². The molecule has 0 amide bonds. The van der Waals surface area contributed by atoms with Gasteiger partial charge in [-0.25, -0.2) is 0 Å². The minimum atomic E-state index is -1.08. The van der Waals surface area contributed by atoms with Crippen molar-refractivity contribution in [2.75, 3.05) is 0 Å². The van der Waals surface area contributed by atoms with Crippen LogP contribution in [0.15, 0.2) is 0 Å². The Morgan fingerprint density at radius 2 is 0.688 bits per heavy atom. The molecule has 0 unspecified atom stereocenters. The second-order valence-electron chi connectivity index (χ2n) is 0.298. The molecule has 0 atom stereocenters. The van der Waals surface area contributed by atoms with Crippen LogP contribution in [0.1, 0.15) is 0 Å². The van der Waals surface area contributed by atoms with Crippen LogP contribution >= 0.6 is 34.7 Å². The van der Waals surface area contributed by atoms with Crippen molar-refractivity contribution in [2.24, 2.45) is 0 Å².